The Balaban J connectivity index is 4.76. The smallest absolute Gasteiger partial charge is 0.356 e. The van der Waals surface area contributed by atoms with E-state index < -0.39 is 13.6 Å². The molecule has 0 aromatic heterocycles. The molecule has 0 radical (unpaired) electrons. The molecule has 0 saturated heterocycles. The van der Waals surface area contributed by atoms with Gasteiger partial charge < -0.3 is 19.5 Å². The molecule has 94 valence electrons. The molecule has 0 amide bonds. The van der Waals surface area contributed by atoms with Gasteiger partial charge in [-0.15, -0.1) is 0 Å². The van der Waals surface area contributed by atoms with E-state index in [0.29, 0.717) is 0 Å². The van der Waals surface area contributed by atoms with Crippen LogP contribution in [-0.4, -0.2) is 25.8 Å². The zero-order chi connectivity index (χ0) is 12.6. The van der Waals surface area contributed by atoms with E-state index in [0.717, 1.165) is 5.82 Å². The van der Waals surface area contributed by atoms with E-state index in [1.165, 1.54) is 0 Å². The van der Waals surface area contributed by atoms with Crippen molar-refractivity contribution in [3.8, 4) is 0 Å². The van der Waals surface area contributed by atoms with E-state index in [2.05, 4.69) is 4.74 Å². The first-order valence-electron chi connectivity index (χ1n) is 5.03. The lowest BCUT2D eigenvalue weighted by molar-refractivity contribution is -0.138. The van der Waals surface area contributed by atoms with E-state index in [4.69, 9.17) is 14.8 Å². The van der Waals surface area contributed by atoms with Gasteiger partial charge in [-0.2, -0.15) is 0 Å². The van der Waals surface area contributed by atoms with E-state index >= 15 is 0 Å². The highest BCUT2D eigenvalue weighted by atomic mass is 31.2. The van der Waals surface area contributed by atoms with Crippen LogP contribution >= 0.6 is 7.60 Å². The second-order valence-corrected chi connectivity index (χ2v) is 4.53. The summed E-state index contributed by atoms with van der Waals surface area (Å²) in [5.41, 5.74) is 5.13. The van der Waals surface area contributed by atoms with Gasteiger partial charge in [-0.3, -0.25) is 4.57 Å². The van der Waals surface area contributed by atoms with E-state index in [1.807, 2.05) is 0 Å². The van der Waals surface area contributed by atoms with Gasteiger partial charge >= 0.3 is 13.6 Å². The largest absolute Gasteiger partial charge is 0.461 e. The Bertz CT molecular complexity index is 292. The van der Waals surface area contributed by atoms with Crippen LogP contribution in [-0.2, 0) is 23.1 Å². The molecule has 0 fully saturated rings. The molecule has 0 bridgehead atoms. The van der Waals surface area contributed by atoms with Crippen LogP contribution in [0, 0.1) is 0 Å². The van der Waals surface area contributed by atoms with Gasteiger partial charge in [-0.25, -0.2) is 4.79 Å². The number of rotatable bonds is 7. The van der Waals surface area contributed by atoms with Crippen LogP contribution in [0.25, 0.3) is 0 Å². The van der Waals surface area contributed by atoms with Crippen LogP contribution in [0.3, 0.4) is 0 Å². The molecule has 7 heteroatoms. The summed E-state index contributed by atoms with van der Waals surface area (Å²) in [6.07, 6.45) is 0. The highest BCUT2D eigenvalue weighted by molar-refractivity contribution is 7.57. The fourth-order valence-corrected chi connectivity index (χ4v) is 2.30. The number of carbonyl (C=O) groups is 1. The van der Waals surface area contributed by atoms with Crippen molar-refractivity contribution < 1.29 is 23.1 Å². The molecule has 0 heterocycles. The molecule has 0 atom stereocenters. The first-order valence-corrected chi connectivity index (χ1v) is 6.64. The van der Waals surface area contributed by atoms with Gasteiger partial charge in [0.2, 0.25) is 0 Å². The summed E-state index contributed by atoms with van der Waals surface area (Å²) < 4.78 is 26.4. The molecule has 0 unspecified atom stereocenters. The molecule has 0 saturated carbocycles. The summed E-state index contributed by atoms with van der Waals surface area (Å²) >= 11 is 0. The Morgan fingerprint density at radius 3 is 2.06 bits per heavy atom. The Kier molecular flexibility index (Phi) is 7.05. The monoisotopic (exact) mass is 251 g/mol. The van der Waals surface area contributed by atoms with Crippen molar-refractivity contribution in [2.24, 2.45) is 5.73 Å². The molecule has 2 N–H and O–H groups in total. The van der Waals surface area contributed by atoms with Crippen molar-refractivity contribution in [3.63, 3.8) is 0 Å². The third kappa shape index (κ3) is 5.30. The van der Waals surface area contributed by atoms with Crippen molar-refractivity contribution in [1.82, 2.24) is 0 Å². The zero-order valence-corrected chi connectivity index (χ0v) is 10.7. The van der Waals surface area contributed by atoms with Crippen molar-refractivity contribution in [3.05, 3.63) is 11.5 Å². The second kappa shape index (κ2) is 7.44. The molecular formula is C9H18NO5P. The Hall–Kier alpha value is -0.840. The third-order valence-electron chi connectivity index (χ3n) is 1.43. The van der Waals surface area contributed by atoms with E-state index in [-0.39, 0.29) is 25.5 Å². The fraction of sp³-hybridized carbons (Fsp3) is 0.667. The summed E-state index contributed by atoms with van der Waals surface area (Å²) in [6, 6.07) is 0. The van der Waals surface area contributed by atoms with Gasteiger partial charge in [0.05, 0.1) is 25.6 Å². The third-order valence-corrected chi connectivity index (χ3v) is 3.26. The highest BCUT2D eigenvalue weighted by Crippen LogP contribution is 2.50. The van der Waals surface area contributed by atoms with Gasteiger partial charge in [0.25, 0.3) is 0 Å². The van der Waals surface area contributed by atoms with Crippen molar-refractivity contribution >= 4 is 13.6 Å². The normalized spacial score (nSPS) is 12.6. The molecule has 0 rings (SSSR count). The topological polar surface area (TPSA) is 87.9 Å². The average Bonchev–Trinajstić information content (AvgIpc) is 2.18. The van der Waals surface area contributed by atoms with E-state index in [1.54, 1.807) is 20.8 Å². The minimum absolute atomic E-state index is 0.195. The van der Waals surface area contributed by atoms with Gasteiger partial charge in [-0.05, 0) is 20.8 Å². The van der Waals surface area contributed by atoms with E-state index in [9.17, 15) is 9.36 Å². The van der Waals surface area contributed by atoms with Crippen molar-refractivity contribution in [2.45, 2.75) is 20.8 Å². The van der Waals surface area contributed by atoms with Gasteiger partial charge in [0.15, 0.2) is 0 Å². The second-order valence-electron chi connectivity index (χ2n) is 2.68. The number of nitrogens with two attached hydrogens (primary N) is 1. The maximum Gasteiger partial charge on any atom is 0.356 e. The summed E-state index contributed by atoms with van der Waals surface area (Å²) in [7, 11) is -3.44. The summed E-state index contributed by atoms with van der Waals surface area (Å²) in [4.78, 5) is 11.2. The van der Waals surface area contributed by atoms with Gasteiger partial charge in [-0.1, -0.05) is 0 Å². The molecule has 6 nitrogen and oxygen atoms in total. The zero-order valence-electron chi connectivity index (χ0n) is 9.76. The van der Waals surface area contributed by atoms with Gasteiger partial charge in [0.1, 0.15) is 5.70 Å². The lowest BCUT2D eigenvalue weighted by Gasteiger charge is -2.13. The van der Waals surface area contributed by atoms with Crippen LogP contribution in [0.4, 0.5) is 0 Å². The molecule has 16 heavy (non-hydrogen) atoms. The standard InChI is InChI=1S/C9H18NO5P/c1-4-13-9(11)8(10)7-16(12,14-5-2)15-6-3/h7H,4-6,10H2,1-3H3. The molecule has 0 aliphatic rings. The highest BCUT2D eigenvalue weighted by Gasteiger charge is 2.23. The molecule has 0 aliphatic heterocycles. The molecule has 0 aromatic rings. The Labute approximate surface area is 95.3 Å². The molecule has 0 aromatic carbocycles. The molecule has 0 aliphatic carbocycles. The Morgan fingerprint density at radius 2 is 1.69 bits per heavy atom. The summed E-state index contributed by atoms with van der Waals surface area (Å²) in [5, 5.41) is 0. The number of carbonyl (C=O) groups excluding carboxylic acids is 1. The predicted octanol–water partition coefficient (Wildman–Crippen LogP) is 1.62. The maximum atomic E-state index is 11.9. The van der Waals surface area contributed by atoms with Crippen molar-refractivity contribution in [2.75, 3.05) is 19.8 Å². The quantitative estimate of drug-likeness (QED) is 0.420. The Morgan fingerprint density at radius 1 is 1.19 bits per heavy atom. The van der Waals surface area contributed by atoms with Crippen LogP contribution in [0.1, 0.15) is 20.8 Å². The summed E-state index contributed by atoms with van der Waals surface area (Å²) in [5.74, 6) is 0.250. The number of hydrogen-bond donors (Lipinski definition) is 1. The van der Waals surface area contributed by atoms with Gasteiger partial charge in [0, 0.05) is 0 Å². The average molecular weight is 251 g/mol. The first kappa shape index (κ1) is 15.2. The first-order chi connectivity index (χ1) is 7.49. The molecule has 0 spiro atoms. The minimum atomic E-state index is -3.44. The van der Waals surface area contributed by atoms with Crippen LogP contribution in [0.15, 0.2) is 11.5 Å². The summed E-state index contributed by atoms with van der Waals surface area (Å²) in [6.45, 7) is 5.57. The number of ether oxygens (including phenoxy) is 1. The molecular weight excluding hydrogens is 233 g/mol. The SMILES string of the molecule is CCOC(=O)C(N)=CP(=O)(OCC)OCC. The van der Waals surface area contributed by atoms with Crippen LogP contribution < -0.4 is 5.73 Å². The van der Waals surface area contributed by atoms with Crippen LogP contribution in [0.2, 0.25) is 0 Å². The minimum Gasteiger partial charge on any atom is -0.461 e. The number of hydrogen-bond acceptors (Lipinski definition) is 6. The lowest BCUT2D eigenvalue weighted by Crippen LogP contribution is -2.15. The van der Waals surface area contributed by atoms with Crippen molar-refractivity contribution in [1.29, 1.82) is 0 Å². The predicted molar refractivity (Wildman–Crippen MR) is 59.8 cm³/mol. The maximum absolute atomic E-state index is 11.9. The fourth-order valence-electron chi connectivity index (χ4n) is 0.909. The number of esters is 1. The lowest BCUT2D eigenvalue weighted by atomic mass is 10.5. The van der Waals surface area contributed by atoms with Crippen LogP contribution in [0.5, 0.6) is 0 Å².